The number of hydrogen-bond donors (Lipinski definition) is 0. The second-order valence-electron chi connectivity index (χ2n) is 10.8. The van der Waals surface area contributed by atoms with Crippen molar-refractivity contribution in [2.45, 2.75) is 91.4 Å². The van der Waals surface area contributed by atoms with E-state index >= 15 is 4.39 Å². The Bertz CT molecular complexity index is 609. The summed E-state index contributed by atoms with van der Waals surface area (Å²) >= 11 is 0. The standard InChI is InChI=1S/C25H40FN/c1-6-7-13-27-14-11-19(12-15-27)23-21(9-8-10-22(23)26)20-16-24(2,3)18-25(4,5)17-20/h8-10,19-20H,6-7,11-18H2,1-5H3. The van der Waals surface area contributed by atoms with Crippen LogP contribution >= 0.6 is 0 Å². The fourth-order valence-corrected chi connectivity index (χ4v) is 6.23. The van der Waals surface area contributed by atoms with Crippen molar-refractivity contribution in [2.75, 3.05) is 19.6 Å². The lowest BCUT2D eigenvalue weighted by atomic mass is 9.59. The molecule has 0 amide bonds. The molecular weight excluding hydrogens is 333 g/mol. The maximum Gasteiger partial charge on any atom is 0.126 e. The van der Waals surface area contributed by atoms with Crippen LogP contribution in [0.3, 0.4) is 0 Å². The van der Waals surface area contributed by atoms with Gasteiger partial charge in [-0.2, -0.15) is 0 Å². The minimum absolute atomic E-state index is 0.0423. The van der Waals surface area contributed by atoms with Crippen molar-refractivity contribution in [3.8, 4) is 0 Å². The largest absolute Gasteiger partial charge is 0.303 e. The van der Waals surface area contributed by atoms with E-state index in [1.807, 2.05) is 6.07 Å². The lowest BCUT2D eigenvalue weighted by molar-refractivity contribution is 0.0960. The molecule has 2 aliphatic rings. The van der Waals surface area contributed by atoms with Crippen LogP contribution in [0.15, 0.2) is 18.2 Å². The summed E-state index contributed by atoms with van der Waals surface area (Å²) in [6, 6.07) is 5.88. The number of hydrogen-bond acceptors (Lipinski definition) is 1. The van der Waals surface area contributed by atoms with E-state index in [1.165, 1.54) is 44.2 Å². The zero-order valence-electron chi connectivity index (χ0n) is 18.3. The van der Waals surface area contributed by atoms with Crippen molar-refractivity contribution in [1.29, 1.82) is 0 Å². The second kappa shape index (κ2) is 8.23. The van der Waals surface area contributed by atoms with E-state index in [0.717, 1.165) is 31.5 Å². The van der Waals surface area contributed by atoms with E-state index < -0.39 is 0 Å². The Kier molecular flexibility index (Phi) is 6.35. The zero-order valence-corrected chi connectivity index (χ0v) is 18.3. The van der Waals surface area contributed by atoms with Crippen LogP contribution in [0.25, 0.3) is 0 Å². The SMILES string of the molecule is CCCCN1CCC(c2c(F)cccc2C2CC(C)(C)CC(C)(C)C2)CC1. The molecule has 0 radical (unpaired) electrons. The van der Waals surface area contributed by atoms with Crippen molar-refractivity contribution in [1.82, 2.24) is 4.90 Å². The van der Waals surface area contributed by atoms with Gasteiger partial charge >= 0.3 is 0 Å². The number of halogens is 1. The molecule has 1 aromatic carbocycles. The van der Waals surface area contributed by atoms with Gasteiger partial charge in [-0.15, -0.1) is 0 Å². The molecule has 1 nitrogen and oxygen atoms in total. The Hall–Kier alpha value is -0.890. The predicted molar refractivity (Wildman–Crippen MR) is 114 cm³/mol. The van der Waals surface area contributed by atoms with Gasteiger partial charge in [0.05, 0.1) is 0 Å². The van der Waals surface area contributed by atoms with Crippen molar-refractivity contribution >= 4 is 0 Å². The quantitative estimate of drug-likeness (QED) is 0.531. The summed E-state index contributed by atoms with van der Waals surface area (Å²) < 4.78 is 15.1. The van der Waals surface area contributed by atoms with Gasteiger partial charge in [0.15, 0.2) is 0 Å². The Balaban J connectivity index is 1.81. The summed E-state index contributed by atoms with van der Waals surface area (Å²) in [6.45, 7) is 15.3. The van der Waals surface area contributed by atoms with Crippen molar-refractivity contribution in [2.24, 2.45) is 10.8 Å². The number of unbranched alkanes of at least 4 members (excludes halogenated alkanes) is 1. The number of nitrogens with zero attached hydrogens (tertiary/aromatic N) is 1. The van der Waals surface area contributed by atoms with Crippen LogP contribution in [-0.4, -0.2) is 24.5 Å². The maximum atomic E-state index is 15.1. The van der Waals surface area contributed by atoms with Crippen LogP contribution in [0.5, 0.6) is 0 Å². The highest BCUT2D eigenvalue weighted by Crippen LogP contribution is 2.53. The summed E-state index contributed by atoms with van der Waals surface area (Å²) in [4.78, 5) is 2.58. The number of piperidine rings is 1. The third-order valence-electron chi connectivity index (χ3n) is 6.91. The third-order valence-corrected chi connectivity index (χ3v) is 6.91. The van der Waals surface area contributed by atoms with Crippen molar-refractivity contribution < 1.29 is 4.39 Å². The van der Waals surface area contributed by atoms with Crippen molar-refractivity contribution in [3.05, 3.63) is 35.1 Å². The van der Waals surface area contributed by atoms with Gasteiger partial charge in [0.1, 0.15) is 5.82 Å². The van der Waals surface area contributed by atoms with Gasteiger partial charge in [0, 0.05) is 0 Å². The first-order valence-corrected chi connectivity index (χ1v) is 11.2. The van der Waals surface area contributed by atoms with Crippen LogP contribution in [0, 0.1) is 16.6 Å². The molecule has 2 fully saturated rings. The smallest absolute Gasteiger partial charge is 0.126 e. The molecule has 1 aliphatic carbocycles. The summed E-state index contributed by atoms with van der Waals surface area (Å²) in [5.74, 6) is 0.931. The highest BCUT2D eigenvalue weighted by Gasteiger charge is 2.40. The first-order valence-electron chi connectivity index (χ1n) is 11.2. The van der Waals surface area contributed by atoms with E-state index in [2.05, 4.69) is 45.6 Å². The van der Waals surface area contributed by atoms with E-state index in [9.17, 15) is 0 Å². The first kappa shape index (κ1) is 20.8. The molecule has 0 bridgehead atoms. The molecule has 0 atom stereocenters. The molecule has 2 heteroatoms. The molecule has 0 spiro atoms. The summed E-state index contributed by atoms with van der Waals surface area (Å²) in [7, 11) is 0. The normalized spacial score (nSPS) is 24.2. The lowest BCUT2D eigenvalue weighted by Gasteiger charge is -2.46. The van der Waals surface area contributed by atoms with Crippen LogP contribution in [0.2, 0.25) is 0 Å². The van der Waals surface area contributed by atoms with Crippen LogP contribution in [0.1, 0.15) is 103 Å². The molecule has 0 unspecified atom stereocenters. The van der Waals surface area contributed by atoms with Gasteiger partial charge in [-0.3, -0.25) is 0 Å². The molecule has 1 aliphatic heterocycles. The first-order chi connectivity index (χ1) is 12.7. The third kappa shape index (κ3) is 5.13. The molecule has 1 heterocycles. The van der Waals surface area contributed by atoms with E-state index in [4.69, 9.17) is 0 Å². The highest BCUT2D eigenvalue weighted by molar-refractivity contribution is 5.36. The van der Waals surface area contributed by atoms with E-state index in [-0.39, 0.29) is 5.82 Å². The minimum Gasteiger partial charge on any atom is -0.303 e. The van der Waals surface area contributed by atoms with Crippen LogP contribution in [-0.2, 0) is 0 Å². The lowest BCUT2D eigenvalue weighted by Crippen LogP contribution is -2.35. The molecule has 3 rings (SSSR count). The molecular formula is C25H40FN. The van der Waals surface area contributed by atoms with Crippen LogP contribution in [0.4, 0.5) is 4.39 Å². The van der Waals surface area contributed by atoms with Crippen LogP contribution < -0.4 is 0 Å². The molecule has 27 heavy (non-hydrogen) atoms. The Morgan fingerprint density at radius 1 is 1.00 bits per heavy atom. The number of rotatable bonds is 5. The zero-order chi connectivity index (χ0) is 19.7. The van der Waals surface area contributed by atoms with Gasteiger partial charge in [-0.05, 0) is 98.0 Å². The molecule has 1 aromatic rings. The molecule has 0 aromatic heterocycles. The summed E-state index contributed by atoms with van der Waals surface area (Å²) in [5, 5.41) is 0. The highest BCUT2D eigenvalue weighted by atomic mass is 19.1. The average Bonchev–Trinajstić information content (AvgIpc) is 2.57. The molecule has 1 saturated carbocycles. The number of benzene rings is 1. The molecule has 152 valence electrons. The second-order valence-corrected chi connectivity index (χ2v) is 10.8. The van der Waals surface area contributed by atoms with Gasteiger partial charge in [0.25, 0.3) is 0 Å². The Labute approximate surface area is 166 Å². The van der Waals surface area contributed by atoms with E-state index in [1.54, 1.807) is 6.07 Å². The average molecular weight is 374 g/mol. The summed E-state index contributed by atoms with van der Waals surface area (Å²) in [5.41, 5.74) is 3.05. The van der Waals surface area contributed by atoms with Crippen molar-refractivity contribution in [3.63, 3.8) is 0 Å². The van der Waals surface area contributed by atoms with Gasteiger partial charge in [-0.1, -0.05) is 53.2 Å². The van der Waals surface area contributed by atoms with Gasteiger partial charge < -0.3 is 4.90 Å². The van der Waals surface area contributed by atoms with E-state index in [0.29, 0.717) is 22.7 Å². The Morgan fingerprint density at radius 2 is 1.63 bits per heavy atom. The summed E-state index contributed by atoms with van der Waals surface area (Å²) in [6.07, 6.45) is 8.38. The monoisotopic (exact) mass is 373 g/mol. The topological polar surface area (TPSA) is 3.24 Å². The van der Waals surface area contributed by atoms with Gasteiger partial charge in [-0.25, -0.2) is 4.39 Å². The molecule has 1 saturated heterocycles. The predicted octanol–water partition coefficient (Wildman–Crippen LogP) is 7.13. The fourth-order valence-electron chi connectivity index (χ4n) is 6.23. The van der Waals surface area contributed by atoms with Gasteiger partial charge in [0.2, 0.25) is 0 Å². The minimum atomic E-state index is 0.0423. The number of likely N-dealkylation sites (tertiary alicyclic amines) is 1. The Morgan fingerprint density at radius 3 is 2.22 bits per heavy atom. The maximum absolute atomic E-state index is 15.1. The molecule has 0 N–H and O–H groups in total. The fraction of sp³-hybridized carbons (Fsp3) is 0.760.